The summed E-state index contributed by atoms with van der Waals surface area (Å²) in [4.78, 5) is 4.79. The maximum Gasteiger partial charge on any atom is 0.155 e. The molecule has 5 rings (SSSR count). The molecule has 4 heterocycles. The number of rotatable bonds is 6. The molecule has 31 heavy (non-hydrogen) atoms. The van der Waals surface area contributed by atoms with E-state index in [1.165, 1.54) is 0 Å². The number of nitrogens with two attached hydrogens (primary N) is 1. The molecule has 1 fully saturated rings. The van der Waals surface area contributed by atoms with Gasteiger partial charge in [0.1, 0.15) is 17.1 Å². The van der Waals surface area contributed by atoms with Gasteiger partial charge in [-0.2, -0.15) is 20.6 Å². The molecule has 158 valence electrons. The van der Waals surface area contributed by atoms with Crippen LogP contribution < -0.4 is 5.73 Å². The van der Waals surface area contributed by atoms with E-state index in [0.29, 0.717) is 53.4 Å². The van der Waals surface area contributed by atoms with Gasteiger partial charge < -0.3 is 15.6 Å². The van der Waals surface area contributed by atoms with Crippen LogP contribution in [-0.2, 0) is 16.9 Å². The van der Waals surface area contributed by atoms with Crippen molar-refractivity contribution in [3.63, 3.8) is 0 Å². The molecule has 1 aliphatic carbocycles. The lowest BCUT2D eigenvalue weighted by atomic mass is 9.72. The fourth-order valence-corrected chi connectivity index (χ4v) is 4.15. The van der Waals surface area contributed by atoms with Gasteiger partial charge >= 0.3 is 0 Å². The molecule has 0 radical (unpaired) electrons. The summed E-state index contributed by atoms with van der Waals surface area (Å²) in [6.07, 6.45) is 7.12. The number of aromatic nitrogens is 7. The maximum absolute atomic E-state index is 9.36. The van der Waals surface area contributed by atoms with Crippen LogP contribution in [0, 0.1) is 11.3 Å². The third-order valence-corrected chi connectivity index (χ3v) is 5.89. The Balaban J connectivity index is 1.61. The van der Waals surface area contributed by atoms with Crippen molar-refractivity contribution in [1.29, 1.82) is 5.26 Å². The number of methoxy groups -OCH3 is 1. The van der Waals surface area contributed by atoms with Gasteiger partial charge in [0.25, 0.3) is 0 Å². The Kier molecular flexibility index (Phi) is 4.46. The van der Waals surface area contributed by atoms with E-state index in [2.05, 4.69) is 26.5 Å². The molecule has 0 atom stereocenters. The number of aliphatic hydroxyl groups excluding tert-OH is 1. The van der Waals surface area contributed by atoms with Gasteiger partial charge in [0.2, 0.25) is 0 Å². The second-order valence-corrected chi connectivity index (χ2v) is 7.77. The van der Waals surface area contributed by atoms with E-state index in [1.807, 2.05) is 12.3 Å². The predicted molar refractivity (Wildman–Crippen MR) is 110 cm³/mol. The smallest absolute Gasteiger partial charge is 0.155 e. The number of anilines is 1. The standard InChI is InChI=1S/C20H21N9O2/c1-31-13-7-20(8-13,3-4-21)29-9-14(19(22)27-29)18-17-2-5-23-28(17)10-16(24-18)15-6-12(11-30)25-26-15/h2,5-6,9-10,13,30H,3,7-8,11H2,1H3,(H2,22,27)(H,25,26)/t13-,20-. The maximum atomic E-state index is 9.36. The Bertz CT molecular complexity index is 1290. The fraction of sp³-hybridized carbons (Fsp3) is 0.350. The van der Waals surface area contributed by atoms with Gasteiger partial charge in [0.15, 0.2) is 5.82 Å². The fourth-order valence-electron chi connectivity index (χ4n) is 4.15. The molecule has 0 amide bonds. The molecule has 1 aliphatic rings. The van der Waals surface area contributed by atoms with Crippen LogP contribution >= 0.6 is 0 Å². The van der Waals surface area contributed by atoms with Crippen LogP contribution in [0.15, 0.2) is 30.7 Å². The Labute approximate surface area is 177 Å². The van der Waals surface area contributed by atoms with E-state index in [4.69, 9.17) is 15.5 Å². The summed E-state index contributed by atoms with van der Waals surface area (Å²) in [5.74, 6) is 0.323. The summed E-state index contributed by atoms with van der Waals surface area (Å²) >= 11 is 0. The molecule has 11 heteroatoms. The summed E-state index contributed by atoms with van der Waals surface area (Å²) in [6, 6.07) is 5.85. The number of ether oxygens (including phenoxy) is 1. The zero-order valence-corrected chi connectivity index (χ0v) is 16.9. The number of H-pyrrole nitrogens is 1. The van der Waals surface area contributed by atoms with E-state index >= 15 is 0 Å². The van der Waals surface area contributed by atoms with Crippen molar-refractivity contribution >= 4 is 11.3 Å². The molecular formula is C20H21N9O2. The quantitative estimate of drug-likeness (QED) is 0.424. The van der Waals surface area contributed by atoms with Crippen molar-refractivity contribution < 1.29 is 9.84 Å². The lowest BCUT2D eigenvalue weighted by molar-refractivity contribution is -0.0540. The minimum absolute atomic E-state index is 0.102. The highest BCUT2D eigenvalue weighted by atomic mass is 16.5. The SMILES string of the molecule is CO[C@H]1C[C@](CC#N)(n2cc(-c3nc(-c4cc(CO)[nH]n4)cn4nccc34)c(N)n2)C1. The average Bonchev–Trinajstić information content (AvgIpc) is 3.48. The normalized spacial score (nSPS) is 20.6. The van der Waals surface area contributed by atoms with Crippen molar-refractivity contribution in [3.05, 3.63) is 36.4 Å². The van der Waals surface area contributed by atoms with Gasteiger partial charge in [-0.1, -0.05) is 0 Å². The number of nitrogens with one attached hydrogen (secondary N) is 1. The molecule has 0 bridgehead atoms. The largest absolute Gasteiger partial charge is 0.390 e. The van der Waals surface area contributed by atoms with Gasteiger partial charge in [-0.3, -0.25) is 9.78 Å². The number of aliphatic hydroxyl groups is 1. The highest BCUT2D eigenvalue weighted by Crippen LogP contribution is 2.44. The van der Waals surface area contributed by atoms with Crippen LogP contribution in [0.1, 0.15) is 25.0 Å². The number of nitrogen functional groups attached to an aromatic ring is 1. The lowest BCUT2D eigenvalue weighted by Gasteiger charge is -2.45. The first-order valence-electron chi connectivity index (χ1n) is 9.82. The first-order chi connectivity index (χ1) is 15.1. The Hall–Kier alpha value is -3.75. The highest BCUT2D eigenvalue weighted by molar-refractivity contribution is 5.83. The molecule has 4 aromatic rings. The topological polar surface area (TPSA) is 156 Å². The Morgan fingerprint density at radius 1 is 1.39 bits per heavy atom. The lowest BCUT2D eigenvalue weighted by Crippen LogP contribution is -2.50. The zero-order valence-electron chi connectivity index (χ0n) is 16.9. The molecule has 0 spiro atoms. The van der Waals surface area contributed by atoms with Gasteiger partial charge in [0, 0.05) is 13.3 Å². The second kappa shape index (κ2) is 7.19. The number of nitriles is 1. The first-order valence-corrected chi connectivity index (χ1v) is 9.82. The molecule has 4 N–H and O–H groups in total. The predicted octanol–water partition coefficient (Wildman–Crippen LogP) is 1.48. The van der Waals surface area contributed by atoms with E-state index in [9.17, 15) is 10.4 Å². The summed E-state index contributed by atoms with van der Waals surface area (Å²) in [7, 11) is 1.67. The third kappa shape index (κ3) is 3.04. The van der Waals surface area contributed by atoms with Crippen LogP contribution in [0.5, 0.6) is 0 Å². The number of hydrogen-bond acceptors (Lipinski definition) is 8. The van der Waals surface area contributed by atoms with Crippen LogP contribution in [0.25, 0.3) is 28.2 Å². The summed E-state index contributed by atoms with van der Waals surface area (Å²) in [5.41, 5.74) is 9.66. The van der Waals surface area contributed by atoms with Crippen molar-refractivity contribution in [2.24, 2.45) is 0 Å². The Morgan fingerprint density at radius 2 is 2.23 bits per heavy atom. The monoisotopic (exact) mass is 419 g/mol. The van der Waals surface area contributed by atoms with Crippen LogP contribution in [0.3, 0.4) is 0 Å². The molecule has 11 nitrogen and oxygen atoms in total. The minimum atomic E-state index is -0.436. The highest BCUT2D eigenvalue weighted by Gasteiger charge is 2.47. The molecule has 4 aromatic heterocycles. The number of fused-ring (bicyclic) bond motifs is 1. The van der Waals surface area contributed by atoms with E-state index in [1.54, 1.807) is 34.8 Å². The van der Waals surface area contributed by atoms with Gasteiger partial charge in [-0.05, 0) is 25.0 Å². The average molecular weight is 419 g/mol. The van der Waals surface area contributed by atoms with E-state index in [-0.39, 0.29) is 12.7 Å². The Morgan fingerprint density at radius 3 is 2.94 bits per heavy atom. The first kappa shape index (κ1) is 19.2. The van der Waals surface area contributed by atoms with Gasteiger partial charge in [0.05, 0.1) is 59.9 Å². The third-order valence-electron chi connectivity index (χ3n) is 5.89. The summed E-state index contributed by atoms with van der Waals surface area (Å²) < 4.78 is 8.91. The molecule has 0 saturated heterocycles. The number of hydrogen-bond donors (Lipinski definition) is 3. The van der Waals surface area contributed by atoms with Crippen LogP contribution in [0.2, 0.25) is 0 Å². The molecule has 0 unspecified atom stereocenters. The number of nitrogens with zero attached hydrogens (tertiary/aromatic N) is 7. The molecule has 1 saturated carbocycles. The van der Waals surface area contributed by atoms with Crippen LogP contribution in [-0.4, -0.2) is 52.9 Å². The minimum Gasteiger partial charge on any atom is -0.390 e. The molecule has 0 aliphatic heterocycles. The molecule has 0 aromatic carbocycles. The van der Waals surface area contributed by atoms with E-state index in [0.717, 1.165) is 5.52 Å². The van der Waals surface area contributed by atoms with Crippen molar-refractivity contribution in [3.8, 4) is 28.7 Å². The summed E-state index contributed by atoms with van der Waals surface area (Å²) in [5, 5.41) is 34.6. The number of aromatic amines is 1. The van der Waals surface area contributed by atoms with Gasteiger partial charge in [-0.25, -0.2) is 9.50 Å². The van der Waals surface area contributed by atoms with Gasteiger partial charge in [-0.15, -0.1) is 0 Å². The second-order valence-electron chi connectivity index (χ2n) is 7.77. The molecular weight excluding hydrogens is 398 g/mol. The van der Waals surface area contributed by atoms with E-state index < -0.39 is 5.54 Å². The summed E-state index contributed by atoms with van der Waals surface area (Å²) in [6.45, 7) is -0.146. The van der Waals surface area contributed by atoms with Crippen molar-refractivity contribution in [1.82, 2.24) is 34.6 Å². The zero-order chi connectivity index (χ0) is 21.6. The van der Waals surface area contributed by atoms with Crippen molar-refractivity contribution in [2.75, 3.05) is 12.8 Å². The van der Waals surface area contributed by atoms with Crippen LogP contribution in [0.4, 0.5) is 5.82 Å². The van der Waals surface area contributed by atoms with Crippen molar-refractivity contribution in [2.45, 2.75) is 37.5 Å².